The molecule has 0 atom stereocenters. The van der Waals surface area contributed by atoms with E-state index < -0.39 is 11.6 Å². The van der Waals surface area contributed by atoms with E-state index in [4.69, 9.17) is 11.6 Å². The molecule has 1 rings (SSSR count). The van der Waals surface area contributed by atoms with Gasteiger partial charge >= 0.3 is 0 Å². The molecule has 1 aromatic carbocycles. The summed E-state index contributed by atoms with van der Waals surface area (Å²) < 4.78 is 25.5. The summed E-state index contributed by atoms with van der Waals surface area (Å²) in [6.45, 7) is 3.61. The molecule has 17 heavy (non-hydrogen) atoms. The summed E-state index contributed by atoms with van der Waals surface area (Å²) in [6, 6.07) is 3.49. The Morgan fingerprint density at radius 1 is 1.41 bits per heavy atom. The fourth-order valence-electron chi connectivity index (χ4n) is 0.961. The first-order chi connectivity index (χ1) is 7.99. The lowest BCUT2D eigenvalue weighted by atomic mass is 10.3. The maximum absolute atomic E-state index is 12.8. The molecule has 1 amide bonds. The predicted molar refractivity (Wildman–Crippen MR) is 65.1 cm³/mol. The van der Waals surface area contributed by atoms with Gasteiger partial charge in [0.2, 0.25) is 5.91 Å². The minimum atomic E-state index is -0.926. The van der Waals surface area contributed by atoms with E-state index in [9.17, 15) is 13.6 Å². The normalized spacial score (nSPS) is 10.1. The number of benzene rings is 1. The molecule has 0 aromatic heterocycles. The second-order valence-corrected chi connectivity index (χ2v) is 4.74. The molecule has 0 radical (unpaired) electrons. The van der Waals surface area contributed by atoms with Crippen LogP contribution in [0.3, 0.4) is 0 Å². The second kappa shape index (κ2) is 6.61. The fourth-order valence-corrected chi connectivity index (χ4v) is 1.78. The predicted octanol–water partition coefficient (Wildman–Crippen LogP) is 2.93. The van der Waals surface area contributed by atoms with Crippen LogP contribution in [0, 0.1) is 11.6 Å². The molecule has 92 valence electrons. The first-order valence-corrected chi connectivity index (χ1v) is 6.03. The Hall–Kier alpha value is -1.07. The van der Waals surface area contributed by atoms with Crippen LogP contribution in [0.4, 0.5) is 8.78 Å². The zero-order valence-electron chi connectivity index (χ0n) is 8.80. The monoisotopic (exact) mass is 277 g/mol. The van der Waals surface area contributed by atoms with Crippen LogP contribution in [0.5, 0.6) is 0 Å². The molecule has 0 aliphatic rings. The minimum absolute atomic E-state index is 0.106. The number of thioether (sulfide) groups is 1. The Labute approximate surface area is 107 Å². The third kappa shape index (κ3) is 5.19. The van der Waals surface area contributed by atoms with Crippen LogP contribution in [0.2, 0.25) is 0 Å². The number of hydrogen-bond donors (Lipinski definition) is 1. The van der Waals surface area contributed by atoms with Crippen LogP contribution in [0.1, 0.15) is 0 Å². The highest BCUT2D eigenvalue weighted by molar-refractivity contribution is 8.00. The Bertz CT molecular complexity index is 439. The fraction of sp³-hybridized carbons (Fsp3) is 0.182. The van der Waals surface area contributed by atoms with Crippen molar-refractivity contribution in [2.45, 2.75) is 4.90 Å². The summed E-state index contributed by atoms with van der Waals surface area (Å²) in [6.07, 6.45) is 0. The third-order valence-corrected chi connectivity index (χ3v) is 2.87. The van der Waals surface area contributed by atoms with E-state index in [1.165, 1.54) is 6.07 Å². The van der Waals surface area contributed by atoms with Gasteiger partial charge in [-0.05, 0) is 18.2 Å². The largest absolute Gasteiger partial charge is 0.350 e. The molecule has 0 bridgehead atoms. The Morgan fingerprint density at radius 2 is 2.12 bits per heavy atom. The molecule has 6 heteroatoms. The Morgan fingerprint density at radius 3 is 2.71 bits per heavy atom. The Balaban J connectivity index is 2.42. The van der Waals surface area contributed by atoms with Crippen molar-refractivity contribution >= 4 is 29.3 Å². The molecule has 1 N–H and O–H groups in total. The molecule has 0 saturated carbocycles. The third-order valence-electron chi connectivity index (χ3n) is 1.74. The van der Waals surface area contributed by atoms with Crippen LogP contribution < -0.4 is 5.32 Å². The smallest absolute Gasteiger partial charge is 0.230 e. The Kier molecular flexibility index (Phi) is 5.44. The van der Waals surface area contributed by atoms with Crippen LogP contribution in [0.25, 0.3) is 0 Å². The van der Waals surface area contributed by atoms with Crippen LogP contribution in [-0.4, -0.2) is 18.2 Å². The summed E-state index contributed by atoms with van der Waals surface area (Å²) in [5.41, 5.74) is 0. The van der Waals surface area contributed by atoms with Gasteiger partial charge in [-0.2, -0.15) is 0 Å². The molecule has 0 aliphatic carbocycles. The summed E-state index contributed by atoms with van der Waals surface area (Å²) in [5.74, 6) is -1.97. The number of carbonyl (C=O) groups excluding carboxylic acids is 1. The van der Waals surface area contributed by atoms with Crippen molar-refractivity contribution < 1.29 is 13.6 Å². The van der Waals surface area contributed by atoms with Gasteiger partial charge in [-0.3, -0.25) is 4.79 Å². The second-order valence-electron chi connectivity index (χ2n) is 3.16. The molecular formula is C11H10ClF2NOS. The SMILES string of the molecule is C=C(Cl)CNC(=O)CSc1ccc(F)c(F)c1. The molecule has 0 fully saturated rings. The molecular weight excluding hydrogens is 268 g/mol. The van der Waals surface area contributed by atoms with Gasteiger partial charge in [0, 0.05) is 9.93 Å². The maximum atomic E-state index is 12.8. The number of nitrogens with one attached hydrogen (secondary N) is 1. The van der Waals surface area contributed by atoms with Crippen molar-refractivity contribution in [3.8, 4) is 0 Å². The van der Waals surface area contributed by atoms with Gasteiger partial charge in [-0.1, -0.05) is 18.2 Å². The van der Waals surface area contributed by atoms with Gasteiger partial charge in [0.25, 0.3) is 0 Å². The van der Waals surface area contributed by atoms with Crippen molar-refractivity contribution in [1.29, 1.82) is 0 Å². The van der Waals surface area contributed by atoms with E-state index >= 15 is 0 Å². The summed E-state index contributed by atoms with van der Waals surface area (Å²) >= 11 is 6.58. The summed E-state index contributed by atoms with van der Waals surface area (Å²) in [5, 5.41) is 2.85. The molecule has 0 heterocycles. The number of amides is 1. The van der Waals surface area contributed by atoms with Gasteiger partial charge in [0.1, 0.15) is 0 Å². The molecule has 2 nitrogen and oxygen atoms in total. The highest BCUT2D eigenvalue weighted by Gasteiger charge is 2.06. The van der Waals surface area contributed by atoms with Crippen LogP contribution in [-0.2, 0) is 4.79 Å². The van der Waals surface area contributed by atoms with E-state index in [1.807, 2.05) is 0 Å². The quantitative estimate of drug-likeness (QED) is 0.839. The number of hydrogen-bond acceptors (Lipinski definition) is 2. The number of carbonyl (C=O) groups is 1. The summed E-state index contributed by atoms with van der Waals surface area (Å²) in [4.78, 5) is 11.8. The van der Waals surface area contributed by atoms with E-state index in [1.54, 1.807) is 0 Å². The zero-order valence-corrected chi connectivity index (χ0v) is 10.4. The molecule has 0 unspecified atom stereocenters. The molecule has 1 aromatic rings. The van der Waals surface area contributed by atoms with Gasteiger partial charge < -0.3 is 5.32 Å². The van der Waals surface area contributed by atoms with Gasteiger partial charge in [0.05, 0.1) is 12.3 Å². The average molecular weight is 278 g/mol. The summed E-state index contributed by atoms with van der Waals surface area (Å²) in [7, 11) is 0. The average Bonchev–Trinajstić information content (AvgIpc) is 2.28. The topological polar surface area (TPSA) is 29.1 Å². The lowest BCUT2D eigenvalue weighted by Gasteiger charge is -2.04. The zero-order chi connectivity index (χ0) is 12.8. The molecule has 0 saturated heterocycles. The first kappa shape index (κ1) is 14.0. The lowest BCUT2D eigenvalue weighted by molar-refractivity contribution is -0.118. The van der Waals surface area contributed by atoms with Crippen molar-refractivity contribution in [3.63, 3.8) is 0 Å². The van der Waals surface area contributed by atoms with Crippen LogP contribution >= 0.6 is 23.4 Å². The van der Waals surface area contributed by atoms with Crippen molar-refractivity contribution in [3.05, 3.63) is 41.4 Å². The molecule has 0 spiro atoms. The number of halogens is 3. The van der Waals surface area contributed by atoms with Crippen molar-refractivity contribution in [1.82, 2.24) is 5.32 Å². The number of rotatable bonds is 5. The van der Waals surface area contributed by atoms with Gasteiger partial charge in [0.15, 0.2) is 11.6 Å². The lowest BCUT2D eigenvalue weighted by Crippen LogP contribution is -2.26. The van der Waals surface area contributed by atoms with E-state index in [-0.39, 0.29) is 18.2 Å². The van der Waals surface area contributed by atoms with Crippen molar-refractivity contribution in [2.24, 2.45) is 0 Å². The molecule has 0 aliphatic heterocycles. The maximum Gasteiger partial charge on any atom is 0.230 e. The minimum Gasteiger partial charge on any atom is -0.350 e. The van der Waals surface area contributed by atoms with Crippen LogP contribution in [0.15, 0.2) is 34.7 Å². The van der Waals surface area contributed by atoms with E-state index in [0.717, 1.165) is 23.9 Å². The first-order valence-electron chi connectivity index (χ1n) is 4.67. The van der Waals surface area contributed by atoms with Gasteiger partial charge in [-0.15, -0.1) is 11.8 Å². The van der Waals surface area contributed by atoms with E-state index in [2.05, 4.69) is 11.9 Å². The van der Waals surface area contributed by atoms with Gasteiger partial charge in [-0.25, -0.2) is 8.78 Å². The standard InChI is InChI=1S/C11H10ClF2NOS/c1-7(12)5-15-11(16)6-17-8-2-3-9(13)10(14)4-8/h2-4H,1,5-6H2,(H,15,16). The van der Waals surface area contributed by atoms with E-state index in [0.29, 0.717) is 9.93 Å². The highest BCUT2D eigenvalue weighted by Crippen LogP contribution is 2.19. The van der Waals surface area contributed by atoms with Crippen molar-refractivity contribution in [2.75, 3.05) is 12.3 Å². The highest BCUT2D eigenvalue weighted by atomic mass is 35.5.